The number of likely N-dealkylation sites (N-methyl/N-ethyl adjacent to an activating group) is 1. The molecular formula is C23H24N4O5. The first-order chi connectivity index (χ1) is 15.5. The fraction of sp³-hybridized carbons (Fsp3) is 0.391. The molecule has 0 spiro atoms. The normalized spacial score (nSPS) is 19.7. The Balaban J connectivity index is 1.16. The number of aromatic nitrogens is 1. The Morgan fingerprint density at radius 2 is 2.03 bits per heavy atom. The largest absolute Gasteiger partial charge is 0.484 e. The molecule has 2 aromatic rings. The van der Waals surface area contributed by atoms with E-state index in [0.717, 1.165) is 16.8 Å². The lowest BCUT2D eigenvalue weighted by Gasteiger charge is -2.18. The lowest BCUT2D eigenvalue weighted by molar-refractivity contribution is -0.121. The third-order valence-electron chi connectivity index (χ3n) is 6.03. The molecule has 1 atom stereocenters. The maximum Gasteiger partial charge on any atom is 0.415 e. The van der Waals surface area contributed by atoms with Crippen LogP contribution in [0.4, 0.5) is 16.3 Å². The number of fused-ring (bicyclic) bond motifs is 2. The molecule has 5 rings (SSSR count). The predicted octanol–water partition coefficient (Wildman–Crippen LogP) is 1.61. The van der Waals surface area contributed by atoms with E-state index in [1.807, 2.05) is 18.2 Å². The summed E-state index contributed by atoms with van der Waals surface area (Å²) in [6, 6.07) is 9.44. The number of ether oxygens (including phenoxy) is 2. The lowest BCUT2D eigenvalue weighted by atomic mass is 10.1. The number of carbonyl (C=O) groups is 3. The number of anilines is 2. The number of nitrogens with zero attached hydrogens (tertiary/aromatic N) is 3. The molecule has 9 heteroatoms. The van der Waals surface area contributed by atoms with E-state index in [1.165, 1.54) is 4.90 Å². The van der Waals surface area contributed by atoms with Crippen molar-refractivity contribution in [1.82, 2.24) is 10.3 Å². The van der Waals surface area contributed by atoms with Gasteiger partial charge in [0, 0.05) is 13.6 Å². The maximum atomic E-state index is 12.4. The maximum absolute atomic E-state index is 12.4. The van der Waals surface area contributed by atoms with Crippen molar-refractivity contribution in [3.05, 3.63) is 47.2 Å². The third kappa shape index (κ3) is 3.80. The minimum atomic E-state index is -0.438. The highest BCUT2D eigenvalue weighted by molar-refractivity contribution is 6.01. The van der Waals surface area contributed by atoms with Gasteiger partial charge in [-0.05, 0) is 36.2 Å². The molecule has 0 saturated carbocycles. The van der Waals surface area contributed by atoms with Gasteiger partial charge in [0.05, 0.1) is 30.8 Å². The van der Waals surface area contributed by atoms with Gasteiger partial charge in [-0.2, -0.15) is 0 Å². The lowest BCUT2D eigenvalue weighted by Crippen LogP contribution is -2.28. The first kappa shape index (κ1) is 20.4. The number of amides is 2. The zero-order chi connectivity index (χ0) is 22.2. The van der Waals surface area contributed by atoms with Crippen LogP contribution in [0.3, 0.4) is 0 Å². The van der Waals surface area contributed by atoms with Crippen molar-refractivity contribution in [3.63, 3.8) is 0 Å². The van der Waals surface area contributed by atoms with E-state index in [4.69, 9.17) is 9.47 Å². The number of cyclic esters (lactones) is 1. The fourth-order valence-electron chi connectivity index (χ4n) is 4.39. The van der Waals surface area contributed by atoms with Crippen molar-refractivity contribution < 1.29 is 23.9 Å². The second kappa shape index (κ2) is 8.23. The standard InChI is InChI=1S/C23H24N4O5/c1-26-21(29)9-14-3-2-4-15(22(14)26)11-24-8-7-17-12-27(23(30)32-17)20-6-5-19-18(25-20)10-16(28)13-31-19/h2-6,17,24H,7-13H2,1H3. The highest BCUT2D eigenvalue weighted by Crippen LogP contribution is 2.31. The summed E-state index contributed by atoms with van der Waals surface area (Å²) < 4.78 is 10.9. The number of pyridine rings is 1. The van der Waals surface area contributed by atoms with Gasteiger partial charge in [0.1, 0.15) is 24.3 Å². The predicted molar refractivity (Wildman–Crippen MR) is 116 cm³/mol. The van der Waals surface area contributed by atoms with Crippen LogP contribution < -0.4 is 19.9 Å². The SMILES string of the molecule is CN1C(=O)Cc2cccc(CNCCC3CN(c4ccc5c(n4)CC(=O)CO5)C(=O)O3)c21. The van der Waals surface area contributed by atoms with Crippen LogP contribution in [0.5, 0.6) is 5.75 Å². The Bertz CT molecular complexity index is 1100. The van der Waals surface area contributed by atoms with Crippen LogP contribution in [0.1, 0.15) is 23.2 Å². The minimum Gasteiger partial charge on any atom is -0.484 e. The minimum absolute atomic E-state index is 0.0327. The Kier molecular flexibility index (Phi) is 5.26. The Hall–Kier alpha value is -3.46. The van der Waals surface area contributed by atoms with Crippen LogP contribution >= 0.6 is 0 Å². The van der Waals surface area contributed by atoms with Crippen LogP contribution in [0, 0.1) is 0 Å². The van der Waals surface area contributed by atoms with Gasteiger partial charge < -0.3 is 19.7 Å². The van der Waals surface area contributed by atoms with E-state index in [-0.39, 0.29) is 30.8 Å². The molecule has 1 saturated heterocycles. The van der Waals surface area contributed by atoms with Crippen molar-refractivity contribution in [2.24, 2.45) is 0 Å². The Morgan fingerprint density at radius 3 is 2.91 bits per heavy atom. The van der Waals surface area contributed by atoms with Gasteiger partial charge >= 0.3 is 6.09 Å². The molecule has 0 bridgehead atoms. The van der Waals surface area contributed by atoms with Crippen molar-refractivity contribution in [2.45, 2.75) is 31.9 Å². The highest BCUT2D eigenvalue weighted by atomic mass is 16.6. The number of carbonyl (C=O) groups excluding carboxylic acids is 3. The van der Waals surface area contributed by atoms with E-state index >= 15 is 0 Å². The van der Waals surface area contributed by atoms with E-state index in [0.29, 0.717) is 49.7 Å². The van der Waals surface area contributed by atoms with Gasteiger partial charge in [0.15, 0.2) is 5.78 Å². The molecule has 0 radical (unpaired) electrons. The molecule has 1 aromatic heterocycles. The number of Topliss-reactive ketones (excluding diaryl/α,β-unsaturated/α-hetero) is 1. The fourth-order valence-corrected chi connectivity index (χ4v) is 4.39. The van der Waals surface area contributed by atoms with Crippen LogP contribution in [0.2, 0.25) is 0 Å². The number of rotatable bonds is 6. The number of nitrogens with one attached hydrogen (secondary N) is 1. The van der Waals surface area contributed by atoms with Gasteiger partial charge in [-0.25, -0.2) is 9.78 Å². The molecule has 1 N–H and O–H groups in total. The Morgan fingerprint density at radius 1 is 1.16 bits per heavy atom. The van der Waals surface area contributed by atoms with Crippen LogP contribution in [0.25, 0.3) is 0 Å². The third-order valence-corrected chi connectivity index (χ3v) is 6.03. The monoisotopic (exact) mass is 436 g/mol. The van der Waals surface area contributed by atoms with E-state index in [1.54, 1.807) is 24.1 Å². The molecule has 1 fully saturated rings. The summed E-state index contributed by atoms with van der Waals surface area (Å²) in [6.07, 6.45) is 0.620. The van der Waals surface area contributed by atoms with E-state index in [9.17, 15) is 14.4 Å². The van der Waals surface area contributed by atoms with Gasteiger partial charge in [-0.1, -0.05) is 18.2 Å². The van der Waals surface area contributed by atoms with Gasteiger partial charge in [0.25, 0.3) is 0 Å². The number of para-hydroxylation sites is 1. The van der Waals surface area contributed by atoms with Crippen molar-refractivity contribution in [1.29, 1.82) is 0 Å². The average molecular weight is 436 g/mol. The molecule has 4 heterocycles. The van der Waals surface area contributed by atoms with Crippen LogP contribution in [0.15, 0.2) is 30.3 Å². The van der Waals surface area contributed by atoms with E-state index < -0.39 is 6.09 Å². The zero-order valence-corrected chi connectivity index (χ0v) is 17.8. The van der Waals surface area contributed by atoms with Gasteiger partial charge in [0.2, 0.25) is 5.91 Å². The zero-order valence-electron chi connectivity index (χ0n) is 17.8. The summed E-state index contributed by atoms with van der Waals surface area (Å²) >= 11 is 0. The molecule has 32 heavy (non-hydrogen) atoms. The Labute approximate surface area is 185 Å². The first-order valence-electron chi connectivity index (χ1n) is 10.7. The van der Waals surface area contributed by atoms with Crippen molar-refractivity contribution in [3.8, 4) is 5.75 Å². The summed E-state index contributed by atoms with van der Waals surface area (Å²) in [5, 5.41) is 3.39. The number of ketones is 1. The highest BCUT2D eigenvalue weighted by Gasteiger charge is 2.34. The van der Waals surface area contributed by atoms with Crippen LogP contribution in [-0.2, 0) is 33.7 Å². The number of hydrogen-bond acceptors (Lipinski definition) is 7. The molecule has 0 aliphatic carbocycles. The summed E-state index contributed by atoms with van der Waals surface area (Å²) in [7, 11) is 1.81. The topological polar surface area (TPSA) is 101 Å². The molecule has 166 valence electrons. The number of hydrogen-bond donors (Lipinski definition) is 1. The van der Waals surface area contributed by atoms with Gasteiger partial charge in [-0.15, -0.1) is 0 Å². The summed E-state index contributed by atoms with van der Waals surface area (Å²) in [6.45, 7) is 1.75. The second-order valence-corrected chi connectivity index (χ2v) is 8.25. The van der Waals surface area contributed by atoms with E-state index in [2.05, 4.69) is 10.3 Å². The molecule has 1 aromatic carbocycles. The molecule has 9 nitrogen and oxygen atoms in total. The summed E-state index contributed by atoms with van der Waals surface area (Å²) in [5.41, 5.74) is 3.68. The quantitative estimate of drug-likeness (QED) is 0.687. The molecule has 3 aliphatic heterocycles. The van der Waals surface area contributed by atoms with Crippen LogP contribution in [-0.4, -0.2) is 55.6 Å². The smallest absolute Gasteiger partial charge is 0.415 e. The summed E-state index contributed by atoms with van der Waals surface area (Å²) in [4.78, 5) is 43.6. The summed E-state index contributed by atoms with van der Waals surface area (Å²) in [5.74, 6) is 1.13. The van der Waals surface area contributed by atoms with Crippen molar-refractivity contribution >= 4 is 29.3 Å². The second-order valence-electron chi connectivity index (χ2n) is 8.25. The molecule has 1 unspecified atom stereocenters. The number of benzene rings is 1. The molecule has 3 aliphatic rings. The molecular weight excluding hydrogens is 412 g/mol. The van der Waals surface area contributed by atoms with Gasteiger partial charge in [-0.3, -0.25) is 14.5 Å². The molecule has 2 amide bonds. The average Bonchev–Trinajstić information content (AvgIpc) is 3.30. The first-order valence-corrected chi connectivity index (χ1v) is 10.7. The van der Waals surface area contributed by atoms with Crippen molar-refractivity contribution in [2.75, 3.05) is 36.5 Å².